The van der Waals surface area contributed by atoms with E-state index in [4.69, 9.17) is 51.8 Å². The number of benzene rings is 5. The maximum atomic E-state index is 14.2. The van der Waals surface area contributed by atoms with Gasteiger partial charge < -0.3 is 126 Å². The number of primary amides is 2. The number of nitrogens with two attached hydrogens (primary N) is 4. The van der Waals surface area contributed by atoms with Gasteiger partial charge in [-0.05, 0) is 168 Å². The van der Waals surface area contributed by atoms with Gasteiger partial charge in [-0.1, -0.05) is 6.07 Å². The molecule has 2 saturated heterocycles. The van der Waals surface area contributed by atoms with E-state index in [1.807, 2.05) is 0 Å². The Labute approximate surface area is 718 Å². The first-order chi connectivity index (χ1) is 60.4. The lowest BCUT2D eigenvalue weighted by atomic mass is 9.90. The van der Waals surface area contributed by atoms with E-state index in [9.17, 15) is 97.1 Å². The number of anilines is 6. The number of aromatic carboxylic acids is 1. The standard InChI is InChI=1S/C83H98N20O23/c84-27-3-1-5-57-76(118)93-55(70(86)112)25-33-124-61-17-8-44(36-53(61)74(116)95-59(78(120)97-57)15-19-67(108)109)90-65(106)40-88-72(114)42-21-29-102(30-22-42)82-99-81(92-46-7-12-49(52(35-46)80(122)123)69-50-13-10-47(104)38-63(50)126-64-39-48(105)11-14-51(64)69)100-83(101-82)103-31-23-43(24-32-103)73(115)89-41-66(107)91-45-9-18-62-54(37-45)75(117)96-60(16-20-68(110)111)79(121)98-58(6-2-4-28-85)77(119)94-56(71(87)113)26-34-125-62/h7-14,17-18,35-39,42-43,55-60,104H,1-6,15-16,19-34,40-41,84-85H2,(H2,86,112)(H2,87,113)(H,88,114)(H,89,115)(H,90,106)(H,91,107)(H,93,118)(H,94,119)(H,95,116)(H,96,117)(H,97,120)(H,98,121)(H,108,109)(H,110,111)(H,122,123)(H,92,99,100,101)/t55-,56-,57-,58-,59-,60-/m0/s1. The molecule has 43 nitrogen and oxygen atoms in total. The molecule has 0 spiro atoms. The lowest BCUT2D eigenvalue weighted by Gasteiger charge is -2.34. The molecule has 2 fully saturated rings. The highest BCUT2D eigenvalue weighted by Gasteiger charge is 2.37. The van der Waals surface area contributed by atoms with Crippen molar-refractivity contribution < 1.29 is 106 Å². The van der Waals surface area contributed by atoms with Crippen LogP contribution < -0.4 is 106 Å². The Kier molecular flexibility index (Phi) is 31.4. The van der Waals surface area contributed by atoms with Crippen LogP contribution in [0.25, 0.3) is 33.4 Å². The third kappa shape index (κ3) is 24.6. The average Bonchev–Trinajstić information content (AvgIpc) is 0.745. The molecule has 43 heteroatoms. The monoisotopic (exact) mass is 1740 g/mol. The fourth-order valence-electron chi connectivity index (χ4n) is 14.8. The molecule has 0 radical (unpaired) electrons. The zero-order valence-electron chi connectivity index (χ0n) is 68.3. The van der Waals surface area contributed by atoms with Gasteiger partial charge in [0.25, 0.3) is 11.8 Å². The van der Waals surface area contributed by atoms with Crippen LogP contribution in [0.1, 0.15) is 134 Å². The molecule has 126 heavy (non-hydrogen) atoms. The third-order valence-electron chi connectivity index (χ3n) is 21.6. The lowest BCUT2D eigenvalue weighted by Crippen LogP contribution is -2.56. The third-order valence-corrected chi connectivity index (χ3v) is 21.6. The Balaban J connectivity index is 0.772. The van der Waals surface area contributed by atoms with Crippen molar-refractivity contribution in [3.8, 4) is 39.7 Å². The van der Waals surface area contributed by atoms with Crippen molar-refractivity contribution >= 4 is 135 Å². The lowest BCUT2D eigenvalue weighted by molar-refractivity contribution is -0.138. The summed E-state index contributed by atoms with van der Waals surface area (Å²) < 4.78 is 17.9. The highest BCUT2D eigenvalue weighted by Crippen LogP contribution is 2.43. The Morgan fingerprint density at radius 2 is 0.929 bits per heavy atom. The number of rotatable bonds is 30. The molecular weight excluding hydrogens is 1650 g/mol. The molecular formula is C83H98N20O23. The van der Waals surface area contributed by atoms with Crippen LogP contribution in [-0.4, -0.2) is 226 Å². The maximum absolute atomic E-state index is 14.2. The summed E-state index contributed by atoms with van der Waals surface area (Å²) in [4.78, 5) is 231. The van der Waals surface area contributed by atoms with Crippen molar-refractivity contribution in [2.45, 2.75) is 139 Å². The number of carboxylic acids is 3. The summed E-state index contributed by atoms with van der Waals surface area (Å²) in [5.41, 5.74) is 23.0. The van der Waals surface area contributed by atoms with Gasteiger partial charge in [0.15, 0.2) is 5.43 Å². The summed E-state index contributed by atoms with van der Waals surface area (Å²) >= 11 is 0. The number of aliphatic carboxylic acids is 2. The molecule has 668 valence electrons. The first kappa shape index (κ1) is 92.1. The number of aromatic hydroxyl groups is 1. The molecule has 12 amide bonds. The van der Waals surface area contributed by atoms with Gasteiger partial charge >= 0.3 is 17.9 Å². The number of aromatic nitrogens is 3. The number of amides is 12. The van der Waals surface area contributed by atoms with Crippen molar-refractivity contribution in [2.24, 2.45) is 34.8 Å². The number of piperidine rings is 2. The first-order valence-electron chi connectivity index (χ1n) is 40.9. The highest BCUT2D eigenvalue weighted by molar-refractivity contribution is 6.09. The van der Waals surface area contributed by atoms with Crippen LogP contribution in [-0.2, 0) is 57.5 Å². The minimum Gasteiger partial charge on any atom is -0.508 e. The molecule has 6 aliphatic rings. The Bertz CT molecular complexity index is 5120. The quantitative estimate of drug-likeness (QED) is 0.0215. The molecule has 4 aromatic carbocycles. The predicted octanol–water partition coefficient (Wildman–Crippen LogP) is 0.499. The predicted molar refractivity (Wildman–Crippen MR) is 451 cm³/mol. The summed E-state index contributed by atoms with van der Waals surface area (Å²) in [7, 11) is 0. The van der Waals surface area contributed by atoms with E-state index in [1.54, 1.807) is 28.0 Å². The van der Waals surface area contributed by atoms with Crippen molar-refractivity contribution in [3.05, 3.63) is 118 Å². The molecule has 5 aromatic rings. The Morgan fingerprint density at radius 3 is 1.38 bits per heavy atom. The minimum atomic E-state index is -1.52. The summed E-state index contributed by atoms with van der Waals surface area (Å²) in [6, 6.07) is 12.6. The fourth-order valence-corrected chi connectivity index (χ4v) is 14.8. The van der Waals surface area contributed by atoms with Crippen molar-refractivity contribution in [2.75, 3.05) is 91.3 Å². The molecule has 5 aliphatic heterocycles. The fraction of sp³-hybridized carbons (Fsp3) is 0.410. The molecule has 23 N–H and O–H groups in total. The number of phenolic OH excluding ortho intramolecular Hbond substituents is 1. The van der Waals surface area contributed by atoms with Crippen LogP contribution in [0, 0.1) is 11.8 Å². The van der Waals surface area contributed by atoms with Crippen molar-refractivity contribution in [1.29, 1.82) is 0 Å². The minimum absolute atomic E-state index is 0.0306. The maximum Gasteiger partial charge on any atom is 0.336 e. The Hall–Kier alpha value is -14.6. The number of unbranched alkanes of at least 4 members (excludes halogenated alkanes) is 2. The number of nitrogens with one attached hydrogen (secondary N) is 11. The molecule has 1 aliphatic carbocycles. The summed E-state index contributed by atoms with van der Waals surface area (Å²) in [6.07, 6.45) is 0.303. The second-order valence-electron chi connectivity index (χ2n) is 30.6. The first-order valence-corrected chi connectivity index (χ1v) is 40.9. The summed E-state index contributed by atoms with van der Waals surface area (Å²) in [6.45, 7) is -0.405. The smallest absolute Gasteiger partial charge is 0.336 e. The molecule has 6 heterocycles. The Morgan fingerprint density at radius 1 is 0.476 bits per heavy atom. The van der Waals surface area contributed by atoms with E-state index in [0.717, 1.165) is 0 Å². The van der Waals surface area contributed by atoms with Gasteiger partial charge in [0.2, 0.25) is 76.9 Å². The van der Waals surface area contributed by atoms with Crippen LogP contribution in [0.2, 0.25) is 0 Å². The van der Waals surface area contributed by atoms with Crippen LogP contribution in [0.4, 0.5) is 34.9 Å². The molecule has 11 rings (SSSR count). The van der Waals surface area contributed by atoms with Crippen LogP contribution in [0.5, 0.6) is 17.2 Å². The number of hydrogen-bond donors (Lipinski definition) is 19. The van der Waals surface area contributed by atoms with Crippen LogP contribution in [0.15, 0.2) is 100 Å². The number of carboxylic acid groups (broad SMARTS) is 3. The van der Waals surface area contributed by atoms with E-state index in [2.05, 4.69) is 58.5 Å². The van der Waals surface area contributed by atoms with Crippen molar-refractivity contribution in [1.82, 2.24) is 57.5 Å². The molecule has 1 aromatic heterocycles. The number of fused-ring (bicyclic) bond motifs is 4. The topological polar surface area (TPSA) is 667 Å². The highest BCUT2D eigenvalue weighted by atomic mass is 16.5. The van der Waals surface area contributed by atoms with E-state index in [-0.39, 0.29) is 195 Å². The van der Waals surface area contributed by atoms with Crippen LogP contribution >= 0.6 is 0 Å². The van der Waals surface area contributed by atoms with Crippen molar-refractivity contribution in [3.63, 3.8) is 0 Å². The number of hydrogen-bond acceptors (Lipinski definition) is 28. The van der Waals surface area contributed by atoms with Gasteiger partial charge in [0.05, 0.1) is 43.0 Å². The SMILES string of the molecule is NCCCC[C@@H]1NC(=O)[C@H](CCC(=O)O)NC(=O)c2cc(NC(=O)CNC(=O)C3CCN(c4nc(Nc5ccc(-c6c7ccc(=O)cc-7oc7cc(O)ccc67)c(C(=O)O)c5)nc(N5CCC(C(=O)NCC(=O)Nc6ccc7c(c6)C(=O)N[C@@H](CCC(=O)O)C(=O)N[C@@H](CCCCN)C(=O)N[C@H](C(N)=O)CCO7)CC5)n4)CC3)ccc2OCC[C@@H](C(N)=O)NC1=O. The van der Waals surface area contributed by atoms with Gasteiger partial charge in [-0.3, -0.25) is 71.9 Å². The van der Waals surface area contributed by atoms with E-state index in [1.165, 1.54) is 72.8 Å². The zero-order chi connectivity index (χ0) is 90.4. The van der Waals surface area contributed by atoms with Gasteiger partial charge in [0, 0.05) is 109 Å². The molecule has 6 atom stereocenters. The number of phenols is 1. The average molecular weight is 1740 g/mol. The van der Waals surface area contributed by atoms with Gasteiger partial charge in [-0.25, -0.2) is 4.79 Å². The van der Waals surface area contributed by atoms with Gasteiger partial charge in [0.1, 0.15) is 64.8 Å². The second-order valence-corrected chi connectivity index (χ2v) is 30.6. The van der Waals surface area contributed by atoms with Gasteiger partial charge in [-0.15, -0.1) is 0 Å². The number of carbonyl (C=O) groups excluding carboxylic acids is 12. The largest absolute Gasteiger partial charge is 0.508 e. The molecule has 0 unspecified atom stereocenters. The molecule has 0 bridgehead atoms. The van der Waals surface area contributed by atoms with Crippen LogP contribution in [0.3, 0.4) is 0 Å². The van der Waals surface area contributed by atoms with E-state index < -0.39 is 176 Å². The number of carbonyl (C=O) groups is 15. The zero-order valence-corrected chi connectivity index (χ0v) is 68.3. The summed E-state index contributed by atoms with van der Waals surface area (Å²) in [5.74, 6) is -14.8. The number of nitrogens with zero attached hydrogens (tertiary/aromatic N) is 5. The normalized spacial score (nSPS) is 18.8. The number of ether oxygens (including phenoxy) is 2. The van der Waals surface area contributed by atoms with E-state index in [0.29, 0.717) is 42.2 Å². The van der Waals surface area contributed by atoms with Gasteiger partial charge in [-0.2, -0.15) is 15.0 Å². The summed E-state index contributed by atoms with van der Waals surface area (Å²) in [5, 5.41) is 69.9. The van der Waals surface area contributed by atoms with E-state index >= 15 is 0 Å². The molecule has 0 saturated carbocycles. The second kappa shape index (κ2) is 42.9.